The van der Waals surface area contributed by atoms with E-state index >= 15 is 0 Å². The summed E-state index contributed by atoms with van der Waals surface area (Å²) in [6.07, 6.45) is 0. The van der Waals surface area contributed by atoms with Crippen LogP contribution in [0.25, 0.3) is 0 Å². The number of halogens is 1. The van der Waals surface area contributed by atoms with Gasteiger partial charge in [-0.2, -0.15) is 5.26 Å². The van der Waals surface area contributed by atoms with Crippen LogP contribution in [-0.2, 0) is 0 Å². The zero-order valence-corrected chi connectivity index (χ0v) is 12.1. The zero-order valence-electron chi connectivity index (χ0n) is 9.68. The van der Waals surface area contributed by atoms with Crippen LogP contribution in [0.5, 0.6) is 5.75 Å². The van der Waals surface area contributed by atoms with Crippen LogP contribution >= 0.6 is 27.3 Å². The Kier molecular flexibility index (Phi) is 4.24. The van der Waals surface area contributed by atoms with Crippen molar-refractivity contribution >= 4 is 33.0 Å². The molecule has 1 aromatic heterocycles. The zero-order chi connectivity index (χ0) is 13.0. The lowest BCUT2D eigenvalue weighted by molar-refractivity contribution is 0.415. The van der Waals surface area contributed by atoms with Gasteiger partial charge in [-0.15, -0.1) is 11.3 Å². The van der Waals surface area contributed by atoms with E-state index in [-0.39, 0.29) is 6.04 Å². The number of thiophene rings is 1. The highest BCUT2D eigenvalue weighted by molar-refractivity contribution is 9.10. The summed E-state index contributed by atoms with van der Waals surface area (Å²) in [5.41, 5.74) is 0.866. The van der Waals surface area contributed by atoms with Gasteiger partial charge in [0.15, 0.2) is 0 Å². The number of methoxy groups -OCH3 is 1. The third-order valence-corrected chi connectivity index (χ3v) is 4.14. The third-order valence-electron chi connectivity index (χ3n) is 2.38. The van der Waals surface area contributed by atoms with Crippen molar-refractivity contribution in [1.82, 2.24) is 0 Å². The molecule has 0 aliphatic rings. The van der Waals surface area contributed by atoms with Crippen LogP contribution in [0.15, 0.2) is 40.2 Å². The second kappa shape index (κ2) is 5.89. The van der Waals surface area contributed by atoms with Gasteiger partial charge in [-0.3, -0.25) is 0 Å². The van der Waals surface area contributed by atoms with Gasteiger partial charge in [-0.25, -0.2) is 0 Å². The number of nitrogens with zero attached hydrogens (tertiary/aromatic N) is 1. The fraction of sp³-hybridized carbons (Fsp3) is 0.154. The minimum Gasteiger partial charge on any atom is -0.497 e. The number of anilines is 1. The highest BCUT2D eigenvalue weighted by Crippen LogP contribution is 2.28. The molecule has 0 fully saturated rings. The predicted molar refractivity (Wildman–Crippen MR) is 77.0 cm³/mol. The first-order valence-electron chi connectivity index (χ1n) is 5.27. The van der Waals surface area contributed by atoms with Crippen molar-refractivity contribution in [3.63, 3.8) is 0 Å². The molecule has 2 aromatic rings. The molecule has 1 heterocycles. The first-order chi connectivity index (χ1) is 8.72. The van der Waals surface area contributed by atoms with E-state index in [4.69, 9.17) is 4.74 Å². The number of nitrogens with one attached hydrogen (secondary N) is 1. The monoisotopic (exact) mass is 322 g/mol. The Labute approximate surface area is 118 Å². The number of hydrogen-bond donors (Lipinski definition) is 1. The molecule has 92 valence electrons. The van der Waals surface area contributed by atoms with Crippen LogP contribution in [0.3, 0.4) is 0 Å². The summed E-state index contributed by atoms with van der Waals surface area (Å²) in [6.45, 7) is 0. The molecule has 1 atom stereocenters. The van der Waals surface area contributed by atoms with Crippen molar-refractivity contribution in [2.24, 2.45) is 0 Å². The molecule has 0 spiro atoms. The van der Waals surface area contributed by atoms with E-state index < -0.39 is 0 Å². The fourth-order valence-electron chi connectivity index (χ4n) is 1.53. The maximum absolute atomic E-state index is 9.22. The van der Waals surface area contributed by atoms with Crippen molar-refractivity contribution in [1.29, 1.82) is 5.26 Å². The minimum atomic E-state index is -0.353. The van der Waals surface area contributed by atoms with Gasteiger partial charge >= 0.3 is 0 Å². The van der Waals surface area contributed by atoms with Crippen LogP contribution in [-0.4, -0.2) is 7.11 Å². The molecule has 3 nitrogen and oxygen atoms in total. The molecule has 1 N–H and O–H groups in total. The van der Waals surface area contributed by atoms with E-state index in [0.717, 1.165) is 20.8 Å². The van der Waals surface area contributed by atoms with Crippen molar-refractivity contribution in [3.05, 3.63) is 45.1 Å². The van der Waals surface area contributed by atoms with Gasteiger partial charge in [0.1, 0.15) is 11.8 Å². The first-order valence-corrected chi connectivity index (χ1v) is 6.94. The Hall–Kier alpha value is -1.51. The van der Waals surface area contributed by atoms with E-state index in [9.17, 15) is 5.26 Å². The summed E-state index contributed by atoms with van der Waals surface area (Å²) in [5, 5.41) is 14.4. The maximum atomic E-state index is 9.22. The summed E-state index contributed by atoms with van der Waals surface area (Å²) in [6, 6.07) is 11.4. The van der Waals surface area contributed by atoms with Crippen LogP contribution in [0, 0.1) is 11.3 Å². The third kappa shape index (κ3) is 3.03. The van der Waals surface area contributed by atoms with E-state index in [1.54, 1.807) is 18.4 Å². The Morgan fingerprint density at radius 3 is 2.89 bits per heavy atom. The van der Waals surface area contributed by atoms with Gasteiger partial charge in [0.2, 0.25) is 0 Å². The van der Waals surface area contributed by atoms with Gasteiger partial charge in [0, 0.05) is 26.5 Å². The van der Waals surface area contributed by atoms with Crippen molar-refractivity contribution in [2.75, 3.05) is 12.4 Å². The Morgan fingerprint density at radius 2 is 2.28 bits per heavy atom. The summed E-state index contributed by atoms with van der Waals surface area (Å²) >= 11 is 4.94. The molecule has 5 heteroatoms. The number of benzene rings is 1. The Morgan fingerprint density at radius 1 is 1.44 bits per heavy atom. The van der Waals surface area contributed by atoms with Gasteiger partial charge in [-0.05, 0) is 34.1 Å². The largest absolute Gasteiger partial charge is 0.497 e. The lowest BCUT2D eigenvalue weighted by Crippen LogP contribution is -2.06. The van der Waals surface area contributed by atoms with E-state index in [2.05, 4.69) is 27.3 Å². The average Bonchev–Trinajstić information content (AvgIpc) is 2.82. The number of ether oxygens (including phenoxy) is 1. The van der Waals surface area contributed by atoms with Crippen molar-refractivity contribution in [3.8, 4) is 11.8 Å². The summed E-state index contributed by atoms with van der Waals surface area (Å²) in [5.74, 6) is 0.768. The quantitative estimate of drug-likeness (QED) is 0.917. The number of rotatable bonds is 4. The summed E-state index contributed by atoms with van der Waals surface area (Å²) < 4.78 is 6.15. The standard InChI is InChI=1S/C13H11BrN2OS/c1-17-11-4-2-3-10(6-11)16-12(7-15)13-5-9(14)8-18-13/h2-6,8,12,16H,1H3. The molecule has 0 saturated carbocycles. The molecule has 1 unspecified atom stereocenters. The topological polar surface area (TPSA) is 45.0 Å². The highest BCUT2D eigenvalue weighted by Gasteiger charge is 2.12. The van der Waals surface area contributed by atoms with Crippen LogP contribution in [0.2, 0.25) is 0 Å². The highest BCUT2D eigenvalue weighted by atomic mass is 79.9. The molecule has 0 aliphatic carbocycles. The molecule has 2 rings (SSSR count). The van der Waals surface area contributed by atoms with Crippen LogP contribution in [0.1, 0.15) is 10.9 Å². The molecule has 0 aliphatic heterocycles. The fourth-order valence-corrected chi connectivity index (χ4v) is 2.96. The smallest absolute Gasteiger partial charge is 0.149 e. The molecule has 0 bridgehead atoms. The minimum absolute atomic E-state index is 0.353. The molecular formula is C13H11BrN2OS. The average molecular weight is 323 g/mol. The summed E-state index contributed by atoms with van der Waals surface area (Å²) in [7, 11) is 1.62. The normalized spacial score (nSPS) is 11.6. The SMILES string of the molecule is COc1cccc(NC(C#N)c2cc(Br)cs2)c1. The Balaban J connectivity index is 2.18. The summed E-state index contributed by atoms with van der Waals surface area (Å²) in [4.78, 5) is 0.979. The first kappa shape index (κ1) is 12.9. The van der Waals surface area contributed by atoms with Gasteiger partial charge < -0.3 is 10.1 Å². The van der Waals surface area contributed by atoms with Crippen molar-refractivity contribution < 1.29 is 4.74 Å². The van der Waals surface area contributed by atoms with Gasteiger partial charge in [-0.1, -0.05) is 6.07 Å². The second-order valence-electron chi connectivity index (χ2n) is 3.61. The molecule has 18 heavy (non-hydrogen) atoms. The molecule has 0 radical (unpaired) electrons. The second-order valence-corrected chi connectivity index (χ2v) is 5.46. The number of hydrogen-bond acceptors (Lipinski definition) is 4. The van der Waals surface area contributed by atoms with E-state index in [1.165, 1.54) is 0 Å². The lowest BCUT2D eigenvalue weighted by Gasteiger charge is -2.12. The molecule has 0 amide bonds. The predicted octanol–water partition coefficient (Wildman–Crippen LogP) is 4.20. The lowest BCUT2D eigenvalue weighted by atomic mass is 10.2. The van der Waals surface area contributed by atoms with Gasteiger partial charge in [0.25, 0.3) is 0 Å². The molecular weight excluding hydrogens is 312 g/mol. The molecule has 0 saturated heterocycles. The van der Waals surface area contributed by atoms with E-state index in [1.807, 2.05) is 35.7 Å². The van der Waals surface area contributed by atoms with Crippen LogP contribution < -0.4 is 10.1 Å². The van der Waals surface area contributed by atoms with Crippen LogP contribution in [0.4, 0.5) is 5.69 Å². The number of nitriles is 1. The van der Waals surface area contributed by atoms with E-state index in [0.29, 0.717) is 0 Å². The maximum Gasteiger partial charge on any atom is 0.149 e. The van der Waals surface area contributed by atoms with Gasteiger partial charge in [0.05, 0.1) is 13.2 Å². The molecule has 1 aromatic carbocycles. The Bertz CT molecular complexity index is 576. The van der Waals surface area contributed by atoms with Crippen molar-refractivity contribution in [2.45, 2.75) is 6.04 Å².